The number of ether oxygens (including phenoxy) is 1. The molecule has 1 saturated heterocycles. The molecule has 4 aliphatic heterocycles. The molecule has 3 aromatic rings. The Morgan fingerprint density at radius 2 is 1.85 bits per heavy atom. The van der Waals surface area contributed by atoms with Crippen molar-refractivity contribution < 1.29 is 19.1 Å². The second-order valence-electron chi connectivity index (χ2n) is 11.1. The van der Waals surface area contributed by atoms with Crippen molar-refractivity contribution in [3.05, 3.63) is 71.5 Å². The summed E-state index contributed by atoms with van der Waals surface area (Å²) >= 11 is 0. The number of aromatic nitrogens is 1. The first-order chi connectivity index (χ1) is 20.0. The number of rotatable bonds is 4. The second-order valence-corrected chi connectivity index (χ2v) is 11.1. The SMILES string of the molecule is COc1ccc2c(c1)CCN(C1CCN(c3ccnc(C(=O)N4CC5CC(=O)Nc6cccc4c65)c3)CC1)C(=O)N2. The average molecular weight is 553 g/mol. The van der Waals surface area contributed by atoms with Gasteiger partial charge < -0.3 is 30.1 Å². The van der Waals surface area contributed by atoms with Crippen LogP contribution >= 0.6 is 0 Å². The Morgan fingerprint density at radius 3 is 2.68 bits per heavy atom. The number of urea groups is 1. The molecule has 1 unspecified atom stereocenters. The van der Waals surface area contributed by atoms with Crippen LogP contribution < -0.4 is 25.2 Å². The summed E-state index contributed by atoms with van der Waals surface area (Å²) in [5, 5.41) is 6.01. The molecule has 1 aromatic heterocycles. The van der Waals surface area contributed by atoms with Crippen LogP contribution in [0.4, 0.5) is 27.5 Å². The lowest BCUT2D eigenvalue weighted by atomic mass is 9.92. The third-order valence-electron chi connectivity index (χ3n) is 8.81. The molecular weight excluding hydrogens is 520 g/mol. The van der Waals surface area contributed by atoms with Crippen LogP contribution in [0.2, 0.25) is 0 Å². The number of hydrogen-bond acceptors (Lipinski definition) is 6. The van der Waals surface area contributed by atoms with Gasteiger partial charge in [-0.1, -0.05) is 6.07 Å². The van der Waals surface area contributed by atoms with Gasteiger partial charge in [0.25, 0.3) is 5.91 Å². The van der Waals surface area contributed by atoms with E-state index < -0.39 is 0 Å². The van der Waals surface area contributed by atoms with Crippen LogP contribution in [-0.4, -0.2) is 67.1 Å². The quantitative estimate of drug-likeness (QED) is 0.502. The molecule has 210 valence electrons. The second kappa shape index (κ2) is 10.1. The minimum atomic E-state index is -0.158. The number of methoxy groups -OCH3 is 1. The van der Waals surface area contributed by atoms with E-state index in [1.54, 1.807) is 18.2 Å². The molecule has 7 rings (SSSR count). The van der Waals surface area contributed by atoms with Crippen LogP contribution in [-0.2, 0) is 11.2 Å². The predicted molar refractivity (Wildman–Crippen MR) is 156 cm³/mol. The fourth-order valence-electron chi connectivity index (χ4n) is 6.73. The molecule has 4 amide bonds. The van der Waals surface area contributed by atoms with Crippen LogP contribution in [0.3, 0.4) is 0 Å². The number of fused-ring (bicyclic) bond motifs is 1. The zero-order chi connectivity index (χ0) is 28.1. The minimum Gasteiger partial charge on any atom is -0.497 e. The van der Waals surface area contributed by atoms with E-state index in [2.05, 4.69) is 20.5 Å². The highest BCUT2D eigenvalue weighted by Crippen LogP contribution is 2.45. The fraction of sp³-hybridized carbons (Fsp3) is 0.355. The number of anilines is 4. The first-order valence-corrected chi connectivity index (χ1v) is 14.2. The van der Waals surface area contributed by atoms with Crippen molar-refractivity contribution in [2.45, 2.75) is 37.6 Å². The molecule has 0 radical (unpaired) electrons. The summed E-state index contributed by atoms with van der Waals surface area (Å²) in [4.78, 5) is 49.3. The van der Waals surface area contributed by atoms with Crippen LogP contribution in [0.1, 0.15) is 46.8 Å². The van der Waals surface area contributed by atoms with Crippen LogP contribution in [0.5, 0.6) is 5.75 Å². The van der Waals surface area contributed by atoms with Crippen LogP contribution in [0.25, 0.3) is 0 Å². The van der Waals surface area contributed by atoms with Gasteiger partial charge in [0.05, 0.1) is 7.11 Å². The molecule has 41 heavy (non-hydrogen) atoms. The van der Waals surface area contributed by atoms with E-state index in [9.17, 15) is 14.4 Å². The van der Waals surface area contributed by atoms with Crippen molar-refractivity contribution in [2.75, 3.05) is 53.7 Å². The number of nitrogens with zero attached hydrogens (tertiary/aromatic N) is 4. The molecular formula is C31H32N6O4. The maximum absolute atomic E-state index is 13.7. The number of hydrogen-bond donors (Lipinski definition) is 2. The Hall–Kier alpha value is -4.60. The van der Waals surface area contributed by atoms with Crippen molar-refractivity contribution in [1.29, 1.82) is 0 Å². The van der Waals surface area contributed by atoms with Gasteiger partial charge in [0.1, 0.15) is 11.4 Å². The summed E-state index contributed by atoms with van der Waals surface area (Å²) in [5.74, 6) is 0.626. The van der Waals surface area contributed by atoms with Crippen molar-refractivity contribution in [1.82, 2.24) is 9.88 Å². The Labute approximate surface area is 238 Å². The monoisotopic (exact) mass is 552 g/mol. The van der Waals surface area contributed by atoms with Gasteiger partial charge in [0.2, 0.25) is 5.91 Å². The molecule has 2 N–H and O–H groups in total. The number of amides is 4. The average Bonchev–Trinajstić information content (AvgIpc) is 3.28. The zero-order valence-electron chi connectivity index (χ0n) is 22.9. The fourth-order valence-corrected chi connectivity index (χ4v) is 6.73. The van der Waals surface area contributed by atoms with Gasteiger partial charge in [-0.25, -0.2) is 4.79 Å². The van der Waals surface area contributed by atoms with Gasteiger partial charge in [-0.05, 0) is 67.3 Å². The van der Waals surface area contributed by atoms with Gasteiger partial charge in [-0.3, -0.25) is 14.6 Å². The summed E-state index contributed by atoms with van der Waals surface area (Å²) in [7, 11) is 1.65. The number of nitrogens with one attached hydrogen (secondary N) is 2. The summed E-state index contributed by atoms with van der Waals surface area (Å²) < 4.78 is 5.36. The summed E-state index contributed by atoms with van der Waals surface area (Å²) in [6, 6.07) is 15.4. The number of carbonyl (C=O) groups excluding carboxylic acids is 3. The summed E-state index contributed by atoms with van der Waals surface area (Å²) in [6.45, 7) is 2.69. The molecule has 10 nitrogen and oxygen atoms in total. The summed E-state index contributed by atoms with van der Waals surface area (Å²) in [5.41, 5.74) is 5.95. The van der Waals surface area contributed by atoms with Crippen molar-refractivity contribution in [3.8, 4) is 5.75 Å². The number of benzene rings is 2. The Bertz CT molecular complexity index is 1550. The highest BCUT2D eigenvalue weighted by atomic mass is 16.5. The molecule has 1 atom stereocenters. The number of piperidine rings is 1. The highest BCUT2D eigenvalue weighted by Gasteiger charge is 2.39. The lowest BCUT2D eigenvalue weighted by Gasteiger charge is -2.39. The molecule has 5 heterocycles. The van der Waals surface area contributed by atoms with E-state index in [1.165, 1.54) is 0 Å². The molecule has 2 aromatic carbocycles. The summed E-state index contributed by atoms with van der Waals surface area (Å²) in [6.07, 6.45) is 4.52. The van der Waals surface area contributed by atoms with E-state index >= 15 is 0 Å². The third kappa shape index (κ3) is 4.53. The van der Waals surface area contributed by atoms with Gasteiger partial charge in [-0.2, -0.15) is 0 Å². The number of carbonyl (C=O) groups is 3. The molecule has 0 aliphatic carbocycles. The molecule has 0 bridgehead atoms. The van der Waals surface area contributed by atoms with Gasteiger partial charge in [-0.15, -0.1) is 0 Å². The van der Waals surface area contributed by atoms with Crippen LogP contribution in [0.15, 0.2) is 54.7 Å². The van der Waals surface area contributed by atoms with Gasteiger partial charge in [0.15, 0.2) is 0 Å². The van der Waals surface area contributed by atoms with E-state index in [1.807, 2.05) is 53.4 Å². The topological polar surface area (TPSA) is 107 Å². The number of pyridine rings is 1. The molecule has 10 heteroatoms. The largest absolute Gasteiger partial charge is 0.497 e. The lowest BCUT2D eigenvalue weighted by Crippen LogP contribution is -2.49. The molecule has 0 spiro atoms. The third-order valence-corrected chi connectivity index (χ3v) is 8.81. The first kappa shape index (κ1) is 25.4. The zero-order valence-corrected chi connectivity index (χ0v) is 22.9. The first-order valence-electron chi connectivity index (χ1n) is 14.2. The predicted octanol–water partition coefficient (Wildman–Crippen LogP) is 4.24. The Kier molecular flexibility index (Phi) is 6.25. The minimum absolute atomic E-state index is 0.00659. The molecule has 1 fully saturated rings. The van der Waals surface area contributed by atoms with Crippen molar-refractivity contribution >= 4 is 40.6 Å². The van der Waals surface area contributed by atoms with E-state index in [-0.39, 0.29) is 29.8 Å². The molecule has 0 saturated carbocycles. The Morgan fingerprint density at radius 1 is 1.00 bits per heavy atom. The van der Waals surface area contributed by atoms with Gasteiger partial charge >= 0.3 is 6.03 Å². The van der Waals surface area contributed by atoms with Crippen molar-refractivity contribution in [3.63, 3.8) is 0 Å². The van der Waals surface area contributed by atoms with Crippen LogP contribution in [0, 0.1) is 0 Å². The smallest absolute Gasteiger partial charge is 0.322 e. The van der Waals surface area contributed by atoms with E-state index in [4.69, 9.17) is 4.74 Å². The highest BCUT2D eigenvalue weighted by molar-refractivity contribution is 6.09. The maximum Gasteiger partial charge on any atom is 0.322 e. The maximum atomic E-state index is 13.7. The van der Waals surface area contributed by atoms with Crippen molar-refractivity contribution in [2.24, 2.45) is 0 Å². The van der Waals surface area contributed by atoms with Gasteiger partial charge in [0, 0.05) is 79.1 Å². The lowest BCUT2D eigenvalue weighted by molar-refractivity contribution is -0.116. The Balaban J connectivity index is 1.03. The normalized spacial score (nSPS) is 20.1. The van der Waals surface area contributed by atoms with E-state index in [0.717, 1.165) is 72.0 Å². The van der Waals surface area contributed by atoms with E-state index in [0.29, 0.717) is 25.2 Å². The standard InChI is InChI=1S/C31H32N6O4/c1-41-23-5-6-24-19(15-23)8-14-36(31(40)34-24)21-9-12-35(13-10-21)22-7-11-32-26(17-22)30(39)37-18-20-16-28(38)33-25-3-2-4-27(37)29(20)25/h2-7,11,15,17,20-21H,8-10,12-14,16,18H2,1H3,(H,33,38)(H,34,40). The molecule has 4 aliphatic rings.